The Balaban J connectivity index is 2.11. The molecule has 1 aromatic heterocycles. The van der Waals surface area contributed by atoms with Crippen LogP contribution < -0.4 is 10.6 Å². The molecule has 1 unspecified atom stereocenters. The van der Waals surface area contributed by atoms with Gasteiger partial charge < -0.3 is 10.6 Å². The van der Waals surface area contributed by atoms with Gasteiger partial charge in [0.05, 0.1) is 0 Å². The molecule has 0 fully saturated rings. The van der Waals surface area contributed by atoms with Crippen molar-refractivity contribution < 1.29 is 4.79 Å². The second-order valence-corrected chi connectivity index (χ2v) is 3.99. The molecule has 1 aromatic rings. The van der Waals surface area contributed by atoms with E-state index in [-0.39, 0.29) is 5.91 Å². The zero-order valence-electron chi connectivity index (χ0n) is 9.94. The van der Waals surface area contributed by atoms with Gasteiger partial charge >= 0.3 is 0 Å². The Morgan fingerprint density at radius 2 is 2.31 bits per heavy atom. The monoisotopic (exact) mass is 224 g/mol. The summed E-state index contributed by atoms with van der Waals surface area (Å²) in [5.41, 5.74) is 0. The van der Waals surface area contributed by atoms with E-state index in [1.807, 2.05) is 19.3 Å². The third-order valence-electron chi connectivity index (χ3n) is 2.33. The van der Waals surface area contributed by atoms with Gasteiger partial charge in [0.1, 0.15) is 0 Å². The van der Waals surface area contributed by atoms with Gasteiger partial charge in [-0.3, -0.25) is 9.48 Å². The quantitative estimate of drug-likeness (QED) is 0.698. The van der Waals surface area contributed by atoms with Gasteiger partial charge in [0.15, 0.2) is 0 Å². The van der Waals surface area contributed by atoms with Gasteiger partial charge in [0, 0.05) is 31.9 Å². The Morgan fingerprint density at radius 3 is 2.94 bits per heavy atom. The molecule has 1 rings (SSSR count). The van der Waals surface area contributed by atoms with Crippen molar-refractivity contribution in [1.29, 1.82) is 0 Å². The van der Waals surface area contributed by atoms with Crippen LogP contribution in [0.1, 0.15) is 13.3 Å². The van der Waals surface area contributed by atoms with E-state index in [1.165, 1.54) is 0 Å². The molecule has 0 radical (unpaired) electrons. The van der Waals surface area contributed by atoms with Gasteiger partial charge in [0.2, 0.25) is 5.91 Å². The Hall–Kier alpha value is -1.36. The molecule has 0 saturated heterocycles. The summed E-state index contributed by atoms with van der Waals surface area (Å²) in [4.78, 5) is 11.5. The predicted molar refractivity (Wildman–Crippen MR) is 62.9 cm³/mol. The SMILES string of the molecule is CNCC(C)CNC(=O)CCn1cccn1. The maximum Gasteiger partial charge on any atom is 0.221 e. The molecule has 5 heteroatoms. The van der Waals surface area contributed by atoms with Crippen molar-refractivity contribution in [2.75, 3.05) is 20.1 Å². The van der Waals surface area contributed by atoms with E-state index in [9.17, 15) is 4.79 Å². The lowest BCUT2D eigenvalue weighted by molar-refractivity contribution is -0.121. The van der Waals surface area contributed by atoms with Crippen LogP contribution in [0.5, 0.6) is 0 Å². The van der Waals surface area contributed by atoms with Crippen molar-refractivity contribution in [3.8, 4) is 0 Å². The second kappa shape index (κ2) is 7.00. The number of rotatable bonds is 7. The number of carbonyl (C=O) groups is 1. The van der Waals surface area contributed by atoms with Crippen molar-refractivity contribution in [3.05, 3.63) is 18.5 Å². The van der Waals surface area contributed by atoms with Crippen LogP contribution in [0.15, 0.2) is 18.5 Å². The molecule has 0 spiro atoms. The number of hydrogen-bond acceptors (Lipinski definition) is 3. The average molecular weight is 224 g/mol. The van der Waals surface area contributed by atoms with Gasteiger partial charge in [-0.15, -0.1) is 0 Å². The lowest BCUT2D eigenvalue weighted by Gasteiger charge is -2.11. The first-order valence-electron chi connectivity index (χ1n) is 5.61. The van der Waals surface area contributed by atoms with Crippen LogP contribution in [0.4, 0.5) is 0 Å². The number of aryl methyl sites for hydroxylation is 1. The van der Waals surface area contributed by atoms with Gasteiger partial charge in [0.25, 0.3) is 0 Å². The zero-order valence-corrected chi connectivity index (χ0v) is 9.94. The number of nitrogens with zero attached hydrogens (tertiary/aromatic N) is 2. The largest absolute Gasteiger partial charge is 0.356 e. The summed E-state index contributed by atoms with van der Waals surface area (Å²) < 4.78 is 1.76. The molecule has 16 heavy (non-hydrogen) atoms. The fourth-order valence-corrected chi connectivity index (χ4v) is 1.45. The lowest BCUT2D eigenvalue weighted by Crippen LogP contribution is -2.32. The van der Waals surface area contributed by atoms with E-state index in [0.717, 1.165) is 13.1 Å². The third-order valence-corrected chi connectivity index (χ3v) is 2.33. The predicted octanol–water partition coefficient (Wildman–Crippen LogP) is 0.245. The smallest absolute Gasteiger partial charge is 0.221 e. The summed E-state index contributed by atoms with van der Waals surface area (Å²) >= 11 is 0. The van der Waals surface area contributed by atoms with Crippen LogP contribution in [-0.2, 0) is 11.3 Å². The Bertz CT molecular complexity index is 297. The van der Waals surface area contributed by atoms with Crippen LogP contribution in [0, 0.1) is 5.92 Å². The van der Waals surface area contributed by atoms with Gasteiger partial charge in [-0.2, -0.15) is 5.10 Å². The van der Waals surface area contributed by atoms with Gasteiger partial charge in [-0.05, 0) is 25.6 Å². The van der Waals surface area contributed by atoms with Crippen LogP contribution >= 0.6 is 0 Å². The topological polar surface area (TPSA) is 58.9 Å². The molecule has 90 valence electrons. The number of hydrogen-bond donors (Lipinski definition) is 2. The first-order chi connectivity index (χ1) is 7.72. The molecule has 0 aliphatic rings. The molecule has 0 aliphatic carbocycles. The van der Waals surface area contributed by atoms with Gasteiger partial charge in [-0.25, -0.2) is 0 Å². The standard InChI is InChI=1S/C11H20N4O/c1-10(8-12-2)9-13-11(16)4-7-15-6-3-5-14-15/h3,5-6,10,12H,4,7-9H2,1-2H3,(H,13,16). The summed E-state index contributed by atoms with van der Waals surface area (Å²) in [5.74, 6) is 0.539. The fourth-order valence-electron chi connectivity index (χ4n) is 1.45. The van der Waals surface area contributed by atoms with Crippen molar-refractivity contribution in [2.45, 2.75) is 19.9 Å². The first-order valence-corrected chi connectivity index (χ1v) is 5.61. The van der Waals surface area contributed by atoms with Crippen LogP contribution in [0.2, 0.25) is 0 Å². The molecular weight excluding hydrogens is 204 g/mol. The average Bonchev–Trinajstić information content (AvgIpc) is 2.77. The van der Waals surface area contributed by atoms with E-state index in [2.05, 4.69) is 22.7 Å². The lowest BCUT2D eigenvalue weighted by atomic mass is 10.2. The minimum atomic E-state index is 0.0819. The van der Waals surface area contributed by atoms with E-state index in [0.29, 0.717) is 18.9 Å². The van der Waals surface area contributed by atoms with Crippen molar-refractivity contribution >= 4 is 5.91 Å². The van der Waals surface area contributed by atoms with E-state index in [4.69, 9.17) is 0 Å². The molecule has 2 N–H and O–H groups in total. The highest BCUT2D eigenvalue weighted by atomic mass is 16.1. The molecule has 0 aliphatic heterocycles. The van der Waals surface area contributed by atoms with Crippen molar-refractivity contribution in [3.63, 3.8) is 0 Å². The summed E-state index contributed by atoms with van der Waals surface area (Å²) in [6.07, 6.45) is 4.05. The molecule has 5 nitrogen and oxygen atoms in total. The Kier molecular flexibility index (Phi) is 5.56. The molecule has 0 aromatic carbocycles. The maximum atomic E-state index is 11.5. The van der Waals surface area contributed by atoms with E-state index in [1.54, 1.807) is 10.9 Å². The highest BCUT2D eigenvalue weighted by Gasteiger charge is 2.04. The minimum absolute atomic E-state index is 0.0819. The molecule has 1 atom stereocenters. The highest BCUT2D eigenvalue weighted by molar-refractivity contribution is 5.75. The summed E-state index contributed by atoms with van der Waals surface area (Å²) in [6, 6.07) is 1.85. The number of aromatic nitrogens is 2. The molecule has 1 amide bonds. The van der Waals surface area contributed by atoms with Crippen molar-refractivity contribution in [1.82, 2.24) is 20.4 Å². The van der Waals surface area contributed by atoms with Crippen LogP contribution in [-0.4, -0.2) is 35.8 Å². The normalized spacial score (nSPS) is 12.4. The van der Waals surface area contributed by atoms with Gasteiger partial charge in [-0.1, -0.05) is 6.92 Å². The highest BCUT2D eigenvalue weighted by Crippen LogP contribution is 1.92. The molecular formula is C11H20N4O. The third kappa shape index (κ3) is 4.93. The Labute approximate surface area is 96.2 Å². The minimum Gasteiger partial charge on any atom is -0.356 e. The number of carbonyl (C=O) groups excluding carboxylic acids is 1. The zero-order chi connectivity index (χ0) is 11.8. The van der Waals surface area contributed by atoms with Crippen LogP contribution in [0.3, 0.4) is 0 Å². The first kappa shape index (κ1) is 12.7. The number of nitrogens with one attached hydrogen (secondary N) is 2. The number of amides is 1. The fraction of sp³-hybridized carbons (Fsp3) is 0.636. The molecule has 0 saturated carbocycles. The Morgan fingerprint density at radius 1 is 1.50 bits per heavy atom. The maximum absolute atomic E-state index is 11.5. The summed E-state index contributed by atoms with van der Waals surface area (Å²) in [7, 11) is 1.91. The van der Waals surface area contributed by atoms with Crippen molar-refractivity contribution in [2.24, 2.45) is 5.92 Å². The molecule has 1 heterocycles. The van der Waals surface area contributed by atoms with Crippen LogP contribution in [0.25, 0.3) is 0 Å². The summed E-state index contributed by atoms with van der Waals surface area (Å²) in [5, 5.41) is 10.0. The molecule has 0 bridgehead atoms. The van der Waals surface area contributed by atoms with E-state index >= 15 is 0 Å². The second-order valence-electron chi connectivity index (χ2n) is 3.99. The summed E-state index contributed by atoms with van der Waals surface area (Å²) in [6.45, 7) is 4.38. The van der Waals surface area contributed by atoms with E-state index < -0.39 is 0 Å².